The number of benzene rings is 1. The number of nitrogens with zero attached hydrogens (tertiary/aromatic N) is 1. The highest BCUT2D eigenvalue weighted by Crippen LogP contribution is 2.23. The Hall–Kier alpha value is -1.67. The standard InChI is InChI=1S/C9H9F2N3/c10-6-3-5(13)4-7(11)9(6)8(14)1-2-12/h3-4,8H,1,13-14H2. The zero-order valence-electron chi connectivity index (χ0n) is 7.30. The molecular formula is C9H9F2N3. The lowest BCUT2D eigenvalue weighted by Crippen LogP contribution is -2.14. The summed E-state index contributed by atoms with van der Waals surface area (Å²) in [7, 11) is 0. The second-order valence-electron chi connectivity index (χ2n) is 2.87. The van der Waals surface area contributed by atoms with E-state index in [1.807, 2.05) is 0 Å². The summed E-state index contributed by atoms with van der Waals surface area (Å²) >= 11 is 0. The summed E-state index contributed by atoms with van der Waals surface area (Å²) in [5.74, 6) is -1.63. The molecule has 0 aromatic heterocycles. The Balaban J connectivity index is 3.15. The van der Waals surface area contributed by atoms with E-state index < -0.39 is 17.7 Å². The molecule has 0 radical (unpaired) electrons. The van der Waals surface area contributed by atoms with Gasteiger partial charge in [0.1, 0.15) is 11.6 Å². The Kier molecular flexibility index (Phi) is 2.99. The summed E-state index contributed by atoms with van der Waals surface area (Å²) in [6.45, 7) is 0. The van der Waals surface area contributed by atoms with Gasteiger partial charge in [0.2, 0.25) is 0 Å². The van der Waals surface area contributed by atoms with Gasteiger partial charge in [0.25, 0.3) is 0 Å². The van der Waals surface area contributed by atoms with Crippen molar-refractivity contribution in [3.05, 3.63) is 29.3 Å². The van der Waals surface area contributed by atoms with Crippen molar-refractivity contribution in [2.24, 2.45) is 5.73 Å². The maximum absolute atomic E-state index is 13.2. The Morgan fingerprint density at radius 1 is 1.36 bits per heavy atom. The third kappa shape index (κ3) is 1.98. The van der Waals surface area contributed by atoms with E-state index in [0.717, 1.165) is 12.1 Å². The minimum atomic E-state index is -0.958. The maximum Gasteiger partial charge on any atom is 0.132 e. The first-order valence-corrected chi connectivity index (χ1v) is 3.93. The summed E-state index contributed by atoms with van der Waals surface area (Å²) in [4.78, 5) is 0. The van der Waals surface area contributed by atoms with Crippen LogP contribution in [0.3, 0.4) is 0 Å². The van der Waals surface area contributed by atoms with Gasteiger partial charge in [0.15, 0.2) is 0 Å². The molecule has 0 amide bonds. The Morgan fingerprint density at radius 2 is 1.86 bits per heavy atom. The van der Waals surface area contributed by atoms with Crippen LogP contribution in [-0.4, -0.2) is 0 Å². The number of hydrogen-bond donors (Lipinski definition) is 2. The van der Waals surface area contributed by atoms with Crippen LogP contribution < -0.4 is 11.5 Å². The largest absolute Gasteiger partial charge is 0.399 e. The van der Waals surface area contributed by atoms with Crippen molar-refractivity contribution < 1.29 is 8.78 Å². The van der Waals surface area contributed by atoms with Gasteiger partial charge in [-0.2, -0.15) is 5.26 Å². The van der Waals surface area contributed by atoms with E-state index in [0.29, 0.717) is 0 Å². The van der Waals surface area contributed by atoms with Crippen LogP contribution in [0.2, 0.25) is 0 Å². The van der Waals surface area contributed by atoms with Crippen LogP contribution in [0.1, 0.15) is 18.0 Å². The second kappa shape index (κ2) is 4.03. The van der Waals surface area contributed by atoms with Gasteiger partial charge in [0.05, 0.1) is 12.5 Å². The van der Waals surface area contributed by atoms with Gasteiger partial charge in [-0.25, -0.2) is 8.78 Å². The van der Waals surface area contributed by atoms with Crippen LogP contribution in [0, 0.1) is 23.0 Å². The van der Waals surface area contributed by atoms with Crippen molar-refractivity contribution in [2.75, 3.05) is 5.73 Å². The molecule has 14 heavy (non-hydrogen) atoms. The van der Waals surface area contributed by atoms with Gasteiger partial charge >= 0.3 is 0 Å². The lowest BCUT2D eigenvalue weighted by atomic mass is 10.0. The summed E-state index contributed by atoms with van der Waals surface area (Å²) in [6.07, 6.45) is -0.141. The van der Waals surface area contributed by atoms with E-state index in [2.05, 4.69) is 0 Å². The lowest BCUT2D eigenvalue weighted by molar-refractivity contribution is 0.529. The number of nitriles is 1. The van der Waals surface area contributed by atoms with Crippen molar-refractivity contribution in [1.29, 1.82) is 5.26 Å². The van der Waals surface area contributed by atoms with E-state index >= 15 is 0 Å². The smallest absolute Gasteiger partial charge is 0.132 e. The third-order valence-electron chi connectivity index (χ3n) is 1.78. The van der Waals surface area contributed by atoms with E-state index in [9.17, 15) is 8.78 Å². The third-order valence-corrected chi connectivity index (χ3v) is 1.78. The second-order valence-corrected chi connectivity index (χ2v) is 2.87. The highest BCUT2D eigenvalue weighted by molar-refractivity contribution is 5.42. The summed E-state index contributed by atoms with van der Waals surface area (Å²) in [5.41, 5.74) is 10.3. The van der Waals surface area contributed by atoms with Gasteiger partial charge in [-0.15, -0.1) is 0 Å². The van der Waals surface area contributed by atoms with Crippen molar-refractivity contribution >= 4 is 5.69 Å². The number of rotatable bonds is 2. The topological polar surface area (TPSA) is 75.8 Å². The zero-order chi connectivity index (χ0) is 10.7. The molecule has 0 saturated heterocycles. The van der Waals surface area contributed by atoms with Crippen LogP contribution in [-0.2, 0) is 0 Å². The van der Waals surface area contributed by atoms with E-state index in [-0.39, 0.29) is 17.7 Å². The highest BCUT2D eigenvalue weighted by Gasteiger charge is 2.17. The molecule has 4 N–H and O–H groups in total. The van der Waals surface area contributed by atoms with Crippen molar-refractivity contribution in [3.63, 3.8) is 0 Å². The van der Waals surface area contributed by atoms with Gasteiger partial charge in [-0.3, -0.25) is 0 Å². The molecule has 1 rings (SSSR count). The Bertz CT molecular complexity index is 361. The average molecular weight is 197 g/mol. The first-order chi connectivity index (χ1) is 6.56. The maximum atomic E-state index is 13.2. The molecule has 5 heteroatoms. The summed E-state index contributed by atoms with van der Waals surface area (Å²) in [6, 6.07) is 2.75. The van der Waals surface area contributed by atoms with E-state index in [1.54, 1.807) is 6.07 Å². The molecule has 0 aliphatic rings. The first kappa shape index (κ1) is 10.4. The lowest BCUT2D eigenvalue weighted by Gasteiger charge is -2.10. The van der Waals surface area contributed by atoms with Crippen LogP contribution in [0.5, 0.6) is 0 Å². The highest BCUT2D eigenvalue weighted by atomic mass is 19.1. The molecule has 0 saturated carbocycles. The fourth-order valence-electron chi connectivity index (χ4n) is 1.16. The van der Waals surface area contributed by atoms with E-state index in [1.165, 1.54) is 0 Å². The fraction of sp³-hybridized carbons (Fsp3) is 0.222. The van der Waals surface area contributed by atoms with Crippen LogP contribution in [0.4, 0.5) is 14.5 Å². The molecule has 0 bridgehead atoms. The van der Waals surface area contributed by atoms with Crippen LogP contribution >= 0.6 is 0 Å². The molecule has 1 atom stereocenters. The van der Waals surface area contributed by atoms with E-state index in [4.69, 9.17) is 16.7 Å². The normalized spacial score (nSPS) is 12.1. The molecule has 0 heterocycles. The van der Waals surface area contributed by atoms with Gasteiger partial charge < -0.3 is 11.5 Å². The average Bonchev–Trinajstić information content (AvgIpc) is 2.01. The molecule has 0 aliphatic carbocycles. The number of nitrogen functional groups attached to an aromatic ring is 1. The molecule has 1 aromatic rings. The molecule has 1 unspecified atom stereocenters. The minimum absolute atomic E-state index is 0.00657. The van der Waals surface area contributed by atoms with Crippen LogP contribution in [0.15, 0.2) is 12.1 Å². The van der Waals surface area contributed by atoms with Gasteiger partial charge in [-0.1, -0.05) is 0 Å². The molecule has 0 spiro atoms. The number of anilines is 1. The van der Waals surface area contributed by atoms with Crippen molar-refractivity contribution in [2.45, 2.75) is 12.5 Å². The van der Waals surface area contributed by atoms with Gasteiger partial charge in [0, 0.05) is 17.3 Å². The first-order valence-electron chi connectivity index (χ1n) is 3.93. The quantitative estimate of drug-likeness (QED) is 0.704. The molecular weight excluding hydrogens is 188 g/mol. The number of hydrogen-bond acceptors (Lipinski definition) is 3. The van der Waals surface area contributed by atoms with Crippen LogP contribution in [0.25, 0.3) is 0 Å². The molecule has 3 nitrogen and oxygen atoms in total. The van der Waals surface area contributed by atoms with Crippen molar-refractivity contribution in [1.82, 2.24) is 0 Å². The SMILES string of the molecule is N#CCC(N)c1c(F)cc(N)cc1F. The summed E-state index contributed by atoms with van der Waals surface area (Å²) < 4.78 is 26.4. The molecule has 1 aromatic carbocycles. The zero-order valence-corrected chi connectivity index (χ0v) is 7.30. The molecule has 74 valence electrons. The monoisotopic (exact) mass is 197 g/mol. The Labute approximate surface area is 79.9 Å². The predicted molar refractivity (Wildman–Crippen MR) is 47.9 cm³/mol. The molecule has 0 fully saturated rings. The van der Waals surface area contributed by atoms with Crippen molar-refractivity contribution in [3.8, 4) is 6.07 Å². The molecule has 0 aliphatic heterocycles. The van der Waals surface area contributed by atoms with Gasteiger partial charge in [-0.05, 0) is 12.1 Å². The number of halogens is 2. The summed E-state index contributed by atoms with van der Waals surface area (Å²) in [5, 5.41) is 8.33. The Morgan fingerprint density at radius 3 is 2.29 bits per heavy atom. The number of nitrogens with two attached hydrogens (primary N) is 2. The fourth-order valence-corrected chi connectivity index (χ4v) is 1.16. The minimum Gasteiger partial charge on any atom is -0.399 e. The predicted octanol–water partition coefficient (Wildman–Crippen LogP) is 1.46.